The topological polar surface area (TPSA) is 105 Å². The molecular weight excluding hydrogens is 413 g/mol. The van der Waals surface area contributed by atoms with Crippen LogP contribution in [0.2, 0.25) is 0 Å². The Labute approximate surface area is 181 Å². The monoisotopic (exact) mass is 437 g/mol. The number of benzene rings is 2. The molecule has 1 aliphatic heterocycles. The maximum Gasteiger partial charge on any atom is 0.162 e. The molecule has 2 aromatic carbocycles. The highest BCUT2D eigenvalue weighted by Crippen LogP contribution is 2.36. The fourth-order valence-electron chi connectivity index (χ4n) is 3.72. The first-order valence-electron chi connectivity index (χ1n) is 9.11. The van der Waals surface area contributed by atoms with Gasteiger partial charge in [0.15, 0.2) is 5.75 Å². The second-order valence-electron chi connectivity index (χ2n) is 6.85. The van der Waals surface area contributed by atoms with Crippen LogP contribution in [-0.2, 0) is 11.2 Å². The number of nitrogens with two attached hydrogens (primary N) is 1. The van der Waals surface area contributed by atoms with Gasteiger partial charge in [0.25, 0.3) is 0 Å². The van der Waals surface area contributed by atoms with Crippen LogP contribution in [-0.4, -0.2) is 30.1 Å². The average Bonchev–Trinajstić information content (AvgIpc) is 3.32. The highest BCUT2D eigenvalue weighted by atomic mass is 35.5. The number of nitrogen functional groups attached to an aromatic ring is 1. The van der Waals surface area contributed by atoms with Gasteiger partial charge >= 0.3 is 0 Å². The van der Waals surface area contributed by atoms with Crippen LogP contribution in [0.25, 0.3) is 11.0 Å². The van der Waals surface area contributed by atoms with Gasteiger partial charge in [-0.3, -0.25) is 5.41 Å². The third kappa shape index (κ3) is 4.85. The summed E-state index contributed by atoms with van der Waals surface area (Å²) in [5.74, 6) is 0.0132. The lowest BCUT2D eigenvalue weighted by atomic mass is 9.93. The van der Waals surface area contributed by atoms with Gasteiger partial charge in [0.2, 0.25) is 0 Å². The maximum atomic E-state index is 10.3. The van der Waals surface area contributed by atoms with Crippen molar-refractivity contribution in [2.45, 2.75) is 25.0 Å². The molecule has 1 unspecified atom stereocenters. The molecule has 0 saturated carbocycles. The molecular formula is C21H25Cl2N3O3. The third-order valence-corrected chi connectivity index (χ3v) is 5.05. The van der Waals surface area contributed by atoms with Gasteiger partial charge < -0.3 is 25.3 Å². The average molecular weight is 438 g/mol. The van der Waals surface area contributed by atoms with E-state index in [9.17, 15) is 5.11 Å². The first-order chi connectivity index (χ1) is 13.1. The minimum absolute atomic E-state index is 0. The Kier molecular flexibility index (Phi) is 7.93. The molecule has 2 atom stereocenters. The van der Waals surface area contributed by atoms with Gasteiger partial charge in [0, 0.05) is 18.5 Å². The molecule has 1 saturated heterocycles. The molecule has 2 heterocycles. The minimum Gasteiger partial charge on any atom is -0.504 e. The van der Waals surface area contributed by atoms with Crippen molar-refractivity contribution in [1.29, 1.82) is 5.41 Å². The molecule has 0 bridgehead atoms. The zero-order valence-electron chi connectivity index (χ0n) is 15.8. The van der Waals surface area contributed by atoms with E-state index in [1.165, 1.54) is 6.26 Å². The Bertz CT molecular complexity index is 956. The SMILES string of the molecule is Cl.Cl.N=C(N)c1ccc2occ(O)c2c1CC(O[C@H]1CCNC1)c1ccccc1. The summed E-state index contributed by atoms with van der Waals surface area (Å²) in [6, 6.07) is 13.5. The van der Waals surface area contributed by atoms with E-state index < -0.39 is 0 Å². The fourth-order valence-corrected chi connectivity index (χ4v) is 3.72. The van der Waals surface area contributed by atoms with Gasteiger partial charge in [-0.05, 0) is 36.2 Å². The predicted molar refractivity (Wildman–Crippen MR) is 119 cm³/mol. The van der Waals surface area contributed by atoms with E-state index in [2.05, 4.69) is 5.32 Å². The lowest BCUT2D eigenvalue weighted by Gasteiger charge is -2.24. The zero-order chi connectivity index (χ0) is 18.8. The van der Waals surface area contributed by atoms with E-state index in [0.29, 0.717) is 23.0 Å². The van der Waals surface area contributed by atoms with Crippen molar-refractivity contribution >= 4 is 41.6 Å². The van der Waals surface area contributed by atoms with E-state index in [4.69, 9.17) is 20.3 Å². The predicted octanol–water partition coefficient (Wildman–Crippen LogP) is 3.93. The Morgan fingerprint density at radius 3 is 2.66 bits per heavy atom. The van der Waals surface area contributed by atoms with Crippen molar-refractivity contribution in [1.82, 2.24) is 5.32 Å². The molecule has 5 N–H and O–H groups in total. The number of halogens is 2. The Morgan fingerprint density at radius 1 is 1.24 bits per heavy atom. The number of hydrogen-bond donors (Lipinski definition) is 4. The van der Waals surface area contributed by atoms with Crippen molar-refractivity contribution < 1.29 is 14.3 Å². The zero-order valence-corrected chi connectivity index (χ0v) is 17.4. The van der Waals surface area contributed by atoms with Crippen molar-refractivity contribution in [3.63, 3.8) is 0 Å². The molecule has 4 rings (SSSR count). The normalized spacial score (nSPS) is 16.8. The van der Waals surface area contributed by atoms with Gasteiger partial charge in [-0.25, -0.2) is 0 Å². The number of aromatic hydroxyl groups is 1. The molecule has 1 aliphatic rings. The summed E-state index contributed by atoms with van der Waals surface area (Å²) in [5, 5.41) is 22.2. The molecule has 3 aromatic rings. The smallest absolute Gasteiger partial charge is 0.162 e. The Morgan fingerprint density at radius 2 is 2.00 bits per heavy atom. The molecule has 29 heavy (non-hydrogen) atoms. The summed E-state index contributed by atoms with van der Waals surface area (Å²) < 4.78 is 11.8. The van der Waals surface area contributed by atoms with E-state index in [1.807, 2.05) is 30.3 Å². The highest BCUT2D eigenvalue weighted by molar-refractivity contribution is 6.02. The van der Waals surface area contributed by atoms with E-state index in [-0.39, 0.29) is 48.6 Å². The van der Waals surface area contributed by atoms with E-state index in [0.717, 1.165) is 30.6 Å². The van der Waals surface area contributed by atoms with E-state index in [1.54, 1.807) is 12.1 Å². The lowest BCUT2D eigenvalue weighted by molar-refractivity contribution is -0.00207. The Balaban J connectivity index is 0.00000150. The summed E-state index contributed by atoms with van der Waals surface area (Å²) in [7, 11) is 0. The van der Waals surface area contributed by atoms with Gasteiger partial charge in [-0.15, -0.1) is 24.8 Å². The van der Waals surface area contributed by atoms with Crippen LogP contribution < -0.4 is 11.1 Å². The molecule has 0 amide bonds. The van der Waals surface area contributed by atoms with Crippen LogP contribution in [0.1, 0.15) is 29.2 Å². The van der Waals surface area contributed by atoms with Crippen molar-refractivity contribution in [3.05, 3.63) is 65.4 Å². The summed E-state index contributed by atoms with van der Waals surface area (Å²) in [6.07, 6.45) is 2.68. The van der Waals surface area contributed by atoms with Crippen LogP contribution in [0.3, 0.4) is 0 Å². The quantitative estimate of drug-likeness (QED) is 0.345. The van der Waals surface area contributed by atoms with Gasteiger partial charge in [-0.2, -0.15) is 0 Å². The number of fused-ring (bicyclic) bond motifs is 1. The third-order valence-electron chi connectivity index (χ3n) is 5.05. The van der Waals surface area contributed by atoms with Gasteiger partial charge in [0.05, 0.1) is 17.6 Å². The van der Waals surface area contributed by atoms with Crippen LogP contribution in [0, 0.1) is 5.41 Å². The van der Waals surface area contributed by atoms with Crippen molar-refractivity contribution in [2.24, 2.45) is 5.73 Å². The lowest BCUT2D eigenvalue weighted by Crippen LogP contribution is -2.22. The van der Waals surface area contributed by atoms with Gasteiger partial charge in [-0.1, -0.05) is 30.3 Å². The fraction of sp³-hybridized carbons (Fsp3) is 0.286. The number of nitrogens with one attached hydrogen (secondary N) is 2. The second-order valence-corrected chi connectivity index (χ2v) is 6.85. The number of ether oxygens (including phenoxy) is 1. The first-order valence-corrected chi connectivity index (χ1v) is 9.11. The van der Waals surface area contributed by atoms with Crippen LogP contribution >= 0.6 is 24.8 Å². The molecule has 8 heteroatoms. The van der Waals surface area contributed by atoms with Crippen LogP contribution in [0.15, 0.2) is 53.1 Å². The molecule has 0 aliphatic carbocycles. The van der Waals surface area contributed by atoms with Crippen molar-refractivity contribution in [2.75, 3.05) is 13.1 Å². The van der Waals surface area contributed by atoms with Gasteiger partial charge in [0.1, 0.15) is 17.7 Å². The molecule has 6 nitrogen and oxygen atoms in total. The van der Waals surface area contributed by atoms with E-state index >= 15 is 0 Å². The standard InChI is InChI=1S/C21H23N3O3.2ClH/c22-21(23)15-6-7-18-20(17(25)12-26-18)16(15)10-19(13-4-2-1-3-5-13)27-14-8-9-24-11-14;;/h1-7,12,14,19,24-25H,8-11H2,(H3,22,23);2*1H/t14-,19?;;/m0../s1. The molecule has 156 valence electrons. The molecule has 0 spiro atoms. The Hall–Kier alpha value is -2.25. The second kappa shape index (κ2) is 9.98. The highest BCUT2D eigenvalue weighted by Gasteiger charge is 2.25. The first kappa shape index (κ1) is 23.0. The van der Waals surface area contributed by atoms with Crippen molar-refractivity contribution in [3.8, 4) is 5.75 Å². The summed E-state index contributed by atoms with van der Waals surface area (Å²) >= 11 is 0. The van der Waals surface area contributed by atoms with Crippen LogP contribution in [0.4, 0.5) is 0 Å². The summed E-state index contributed by atoms with van der Waals surface area (Å²) in [5.41, 5.74) is 8.81. The maximum absolute atomic E-state index is 10.3. The minimum atomic E-state index is -0.214. The molecule has 0 radical (unpaired) electrons. The molecule has 1 aromatic heterocycles. The molecule has 1 fully saturated rings. The number of rotatable bonds is 6. The van der Waals surface area contributed by atoms with Crippen LogP contribution in [0.5, 0.6) is 5.75 Å². The number of furan rings is 1. The number of amidine groups is 1. The summed E-state index contributed by atoms with van der Waals surface area (Å²) in [4.78, 5) is 0. The number of hydrogen-bond acceptors (Lipinski definition) is 5. The summed E-state index contributed by atoms with van der Waals surface area (Å²) in [6.45, 7) is 1.77. The largest absolute Gasteiger partial charge is 0.504 e.